The number of carboxylic acids is 1. The Labute approximate surface area is 194 Å². The van der Waals surface area contributed by atoms with Crippen molar-refractivity contribution in [1.82, 2.24) is 4.98 Å². The number of benzene rings is 3. The zero-order chi connectivity index (χ0) is 23.7. The number of carbonyl (C=O) groups is 2. The number of nitrogens with zero attached hydrogens (tertiary/aromatic N) is 2. The van der Waals surface area contributed by atoms with Crippen LogP contribution >= 0.6 is 0 Å². The first kappa shape index (κ1) is 21.2. The number of ketones is 1. The smallest absolute Gasteiger partial charge is 0.311 e. The molecule has 2 heterocycles. The van der Waals surface area contributed by atoms with Gasteiger partial charge in [-0.15, -0.1) is 0 Å². The molecule has 0 spiro atoms. The van der Waals surface area contributed by atoms with Crippen LogP contribution in [0.25, 0.3) is 11.1 Å². The van der Waals surface area contributed by atoms with E-state index in [4.69, 9.17) is 13.9 Å². The summed E-state index contributed by atoms with van der Waals surface area (Å²) >= 11 is 0. The topological polar surface area (TPSA) is 123 Å². The first-order valence-electron chi connectivity index (χ1n) is 10.6. The van der Waals surface area contributed by atoms with Gasteiger partial charge in [0.15, 0.2) is 17.8 Å². The van der Waals surface area contributed by atoms with Crippen LogP contribution in [-0.4, -0.2) is 28.4 Å². The Morgan fingerprint density at radius 3 is 2.74 bits per heavy atom. The summed E-state index contributed by atoms with van der Waals surface area (Å²) < 4.78 is 16.8. The summed E-state index contributed by atoms with van der Waals surface area (Å²) in [5, 5.41) is 19.0. The second-order valence-electron chi connectivity index (χ2n) is 7.91. The lowest BCUT2D eigenvalue weighted by Gasteiger charge is -2.24. The molecular weight excluding hydrogens is 436 g/mol. The van der Waals surface area contributed by atoms with Gasteiger partial charge in [-0.2, -0.15) is 5.26 Å². The third-order valence-corrected chi connectivity index (χ3v) is 5.73. The van der Waals surface area contributed by atoms with Crippen molar-refractivity contribution in [2.24, 2.45) is 0 Å². The quantitative estimate of drug-likeness (QED) is 0.410. The zero-order valence-electron chi connectivity index (χ0n) is 17.9. The van der Waals surface area contributed by atoms with Gasteiger partial charge in [-0.3, -0.25) is 9.59 Å². The number of ether oxygens (including phenoxy) is 2. The van der Waals surface area contributed by atoms with Gasteiger partial charge in [-0.05, 0) is 54.4 Å². The number of nitriles is 1. The van der Waals surface area contributed by atoms with Gasteiger partial charge < -0.3 is 19.0 Å². The van der Waals surface area contributed by atoms with E-state index in [9.17, 15) is 20.0 Å². The SMILES string of the molecule is N#Cc1cc2c(cc1Oc1ccc(C(=O)Cc3ccc4ncoc4c3)cc1)OCCC2C(=O)O. The maximum Gasteiger partial charge on any atom is 0.311 e. The van der Waals surface area contributed by atoms with Crippen LogP contribution in [-0.2, 0) is 11.2 Å². The number of Topliss-reactive ketones (excluding diaryl/α,β-unsaturated/α-hetero) is 1. The number of carbonyl (C=O) groups excluding carboxylic acids is 1. The lowest BCUT2D eigenvalue weighted by atomic mass is 9.91. The molecule has 4 aromatic rings. The highest BCUT2D eigenvalue weighted by atomic mass is 16.5. The molecule has 0 aliphatic carbocycles. The molecule has 5 rings (SSSR count). The molecule has 0 saturated heterocycles. The fraction of sp³-hybridized carbons (Fsp3) is 0.154. The molecule has 0 saturated carbocycles. The van der Waals surface area contributed by atoms with Crippen LogP contribution in [0.15, 0.2) is 65.4 Å². The standard InChI is InChI=1S/C26H18N2O6/c27-13-17-11-20-19(26(30)31)7-8-32-24(20)12-23(17)34-18-4-2-16(3-5-18)22(29)9-15-1-6-21-25(10-15)33-14-28-21/h1-6,10-12,14,19H,7-9H2,(H,30,31). The third kappa shape index (κ3) is 4.07. The summed E-state index contributed by atoms with van der Waals surface area (Å²) in [5.41, 5.74) is 3.38. The first-order chi connectivity index (χ1) is 16.5. The van der Waals surface area contributed by atoms with E-state index in [-0.39, 0.29) is 30.1 Å². The molecule has 8 heteroatoms. The van der Waals surface area contributed by atoms with Crippen LogP contribution in [0.3, 0.4) is 0 Å². The van der Waals surface area contributed by atoms with E-state index in [2.05, 4.69) is 11.1 Å². The summed E-state index contributed by atoms with van der Waals surface area (Å²) in [5.74, 6) is -0.662. The average Bonchev–Trinajstić information content (AvgIpc) is 3.31. The van der Waals surface area contributed by atoms with Gasteiger partial charge in [-0.1, -0.05) is 6.07 Å². The molecule has 1 aliphatic heterocycles. The molecule has 34 heavy (non-hydrogen) atoms. The van der Waals surface area contributed by atoms with Crippen LogP contribution in [0.1, 0.15) is 39.4 Å². The van der Waals surface area contributed by atoms with Crippen molar-refractivity contribution in [1.29, 1.82) is 5.26 Å². The van der Waals surface area contributed by atoms with Gasteiger partial charge in [0.2, 0.25) is 0 Å². The number of carboxylic acid groups (broad SMARTS) is 1. The third-order valence-electron chi connectivity index (χ3n) is 5.73. The molecular formula is C26H18N2O6. The maximum atomic E-state index is 12.7. The molecule has 1 N–H and O–H groups in total. The zero-order valence-corrected chi connectivity index (χ0v) is 17.9. The van der Waals surface area contributed by atoms with Crippen molar-refractivity contribution in [3.8, 4) is 23.3 Å². The Morgan fingerprint density at radius 1 is 1.15 bits per heavy atom. The molecule has 0 fully saturated rings. The van der Waals surface area contributed by atoms with E-state index >= 15 is 0 Å². The second-order valence-corrected chi connectivity index (χ2v) is 7.91. The minimum atomic E-state index is -0.955. The van der Waals surface area contributed by atoms with Crippen LogP contribution in [0.2, 0.25) is 0 Å². The first-order valence-corrected chi connectivity index (χ1v) is 10.6. The lowest BCUT2D eigenvalue weighted by molar-refractivity contribution is -0.139. The Bertz CT molecular complexity index is 1450. The summed E-state index contributed by atoms with van der Waals surface area (Å²) in [7, 11) is 0. The van der Waals surface area contributed by atoms with Crippen molar-refractivity contribution in [3.63, 3.8) is 0 Å². The number of aliphatic carboxylic acids is 1. The molecule has 1 atom stereocenters. The number of rotatable bonds is 6. The van der Waals surface area contributed by atoms with Gasteiger partial charge in [0.1, 0.15) is 28.8 Å². The lowest BCUT2D eigenvalue weighted by Crippen LogP contribution is -2.21. The minimum Gasteiger partial charge on any atom is -0.493 e. The van der Waals surface area contributed by atoms with E-state index in [1.807, 2.05) is 12.1 Å². The summed E-state index contributed by atoms with van der Waals surface area (Å²) in [6.07, 6.45) is 1.92. The number of hydrogen-bond donors (Lipinski definition) is 1. The normalized spacial score (nSPS) is 14.6. The highest BCUT2D eigenvalue weighted by Gasteiger charge is 2.29. The molecule has 168 valence electrons. The van der Waals surface area contributed by atoms with Crippen molar-refractivity contribution >= 4 is 22.9 Å². The van der Waals surface area contributed by atoms with Gasteiger partial charge in [0, 0.05) is 23.6 Å². The monoisotopic (exact) mass is 454 g/mol. The Kier molecular flexibility index (Phi) is 5.44. The molecule has 8 nitrogen and oxygen atoms in total. The van der Waals surface area contributed by atoms with E-state index in [1.54, 1.807) is 36.4 Å². The average molecular weight is 454 g/mol. The summed E-state index contributed by atoms with van der Waals surface area (Å²) in [6, 6.07) is 17.2. The van der Waals surface area contributed by atoms with Gasteiger partial charge in [-0.25, -0.2) is 4.98 Å². The van der Waals surface area contributed by atoms with Gasteiger partial charge in [0.25, 0.3) is 0 Å². The molecule has 0 amide bonds. The van der Waals surface area contributed by atoms with Gasteiger partial charge in [0.05, 0.1) is 18.1 Å². The largest absolute Gasteiger partial charge is 0.493 e. The predicted molar refractivity (Wildman–Crippen MR) is 120 cm³/mol. The fourth-order valence-corrected chi connectivity index (χ4v) is 3.98. The molecule has 1 aliphatic rings. The number of aromatic nitrogens is 1. The van der Waals surface area contributed by atoms with Crippen LogP contribution in [0.4, 0.5) is 0 Å². The fourth-order valence-electron chi connectivity index (χ4n) is 3.98. The Morgan fingerprint density at radius 2 is 1.97 bits per heavy atom. The minimum absolute atomic E-state index is 0.0648. The van der Waals surface area contributed by atoms with Crippen molar-refractivity contribution in [2.75, 3.05) is 6.61 Å². The number of fused-ring (bicyclic) bond motifs is 2. The van der Waals surface area contributed by atoms with E-state index in [0.717, 1.165) is 11.1 Å². The predicted octanol–water partition coefficient (Wildman–Crippen LogP) is 4.87. The summed E-state index contributed by atoms with van der Waals surface area (Å²) in [6.45, 7) is 0.273. The Hall–Kier alpha value is -4.64. The molecule has 0 bridgehead atoms. The van der Waals surface area contributed by atoms with E-state index < -0.39 is 11.9 Å². The van der Waals surface area contributed by atoms with E-state index in [0.29, 0.717) is 34.6 Å². The van der Waals surface area contributed by atoms with Crippen LogP contribution in [0, 0.1) is 11.3 Å². The van der Waals surface area contributed by atoms with Crippen molar-refractivity contribution in [2.45, 2.75) is 18.8 Å². The molecule has 1 aromatic heterocycles. The van der Waals surface area contributed by atoms with Crippen molar-refractivity contribution < 1.29 is 28.6 Å². The van der Waals surface area contributed by atoms with Crippen LogP contribution < -0.4 is 9.47 Å². The van der Waals surface area contributed by atoms with Gasteiger partial charge >= 0.3 is 5.97 Å². The molecule has 3 aromatic carbocycles. The maximum absolute atomic E-state index is 12.7. The van der Waals surface area contributed by atoms with Crippen molar-refractivity contribution in [3.05, 3.63) is 83.2 Å². The molecule has 0 radical (unpaired) electrons. The van der Waals surface area contributed by atoms with Crippen LogP contribution in [0.5, 0.6) is 17.2 Å². The Balaban J connectivity index is 1.33. The molecule has 1 unspecified atom stereocenters. The van der Waals surface area contributed by atoms with E-state index in [1.165, 1.54) is 12.5 Å². The number of hydrogen-bond acceptors (Lipinski definition) is 7. The second kappa shape index (κ2) is 8.71. The number of oxazole rings is 1. The highest BCUT2D eigenvalue weighted by Crippen LogP contribution is 2.39. The summed E-state index contributed by atoms with van der Waals surface area (Å²) in [4.78, 5) is 28.3. The highest BCUT2D eigenvalue weighted by molar-refractivity contribution is 5.98.